The summed E-state index contributed by atoms with van der Waals surface area (Å²) in [6, 6.07) is 6.37. The fourth-order valence-corrected chi connectivity index (χ4v) is 3.37. The van der Waals surface area contributed by atoms with Gasteiger partial charge in [-0.25, -0.2) is 4.99 Å². The predicted octanol–water partition coefficient (Wildman–Crippen LogP) is 2.56. The number of nitrogens with two attached hydrogens (primary N) is 1. The second-order valence-electron chi connectivity index (χ2n) is 4.32. The molecule has 0 saturated heterocycles. The van der Waals surface area contributed by atoms with E-state index in [1.54, 1.807) is 25.1 Å². The number of aliphatic imine (C=N–C) groups is 1. The van der Waals surface area contributed by atoms with Crippen LogP contribution >= 0.6 is 11.8 Å². The second-order valence-corrected chi connectivity index (χ2v) is 5.44. The molecule has 0 aromatic heterocycles. The van der Waals surface area contributed by atoms with Crippen molar-refractivity contribution in [3.05, 3.63) is 51.2 Å². The number of carbonyl (C=O) groups is 1. The molecule has 7 heteroatoms. The van der Waals surface area contributed by atoms with Gasteiger partial charge in [-0.1, -0.05) is 30.0 Å². The average Bonchev–Trinajstić information content (AvgIpc) is 2.37. The third-order valence-corrected chi connectivity index (χ3v) is 4.02. The summed E-state index contributed by atoms with van der Waals surface area (Å²) in [5, 5.41) is 10.9. The van der Waals surface area contributed by atoms with E-state index in [-0.39, 0.29) is 11.5 Å². The molecule has 0 amide bonds. The van der Waals surface area contributed by atoms with E-state index in [0.29, 0.717) is 22.0 Å². The van der Waals surface area contributed by atoms with Crippen molar-refractivity contribution in [3.63, 3.8) is 0 Å². The number of amidine groups is 1. The van der Waals surface area contributed by atoms with Crippen molar-refractivity contribution in [1.29, 1.82) is 0 Å². The van der Waals surface area contributed by atoms with Gasteiger partial charge in [0.2, 0.25) is 0 Å². The SMILES string of the molecule is CC(=O)C1=C(C)N=C(N)SC1c1ccccc1[N+](=O)[O-]. The van der Waals surface area contributed by atoms with Gasteiger partial charge in [0, 0.05) is 22.9 Å². The van der Waals surface area contributed by atoms with Gasteiger partial charge in [-0.2, -0.15) is 0 Å². The molecule has 1 unspecified atom stereocenters. The molecule has 0 spiro atoms. The van der Waals surface area contributed by atoms with E-state index in [0.717, 1.165) is 11.8 Å². The zero-order valence-electron chi connectivity index (χ0n) is 11.0. The van der Waals surface area contributed by atoms with Crippen LogP contribution < -0.4 is 5.73 Å². The molecule has 104 valence electrons. The van der Waals surface area contributed by atoms with Gasteiger partial charge in [-0.05, 0) is 13.8 Å². The van der Waals surface area contributed by atoms with Crippen LogP contribution in [0.25, 0.3) is 0 Å². The highest BCUT2D eigenvalue weighted by molar-refractivity contribution is 8.14. The molecule has 1 aliphatic rings. The summed E-state index contributed by atoms with van der Waals surface area (Å²) < 4.78 is 0. The maximum atomic E-state index is 11.8. The summed E-state index contributed by atoms with van der Waals surface area (Å²) in [4.78, 5) is 26.6. The molecule has 2 rings (SSSR count). The van der Waals surface area contributed by atoms with Gasteiger partial charge in [-0.15, -0.1) is 0 Å². The van der Waals surface area contributed by atoms with Crippen LogP contribution in [-0.2, 0) is 4.79 Å². The number of nitro benzene ring substituents is 1. The minimum absolute atomic E-state index is 0.0220. The van der Waals surface area contributed by atoms with Crippen LogP contribution in [0.4, 0.5) is 5.69 Å². The van der Waals surface area contributed by atoms with Gasteiger partial charge in [0.05, 0.1) is 10.2 Å². The third-order valence-electron chi connectivity index (χ3n) is 2.96. The maximum absolute atomic E-state index is 11.8. The first-order valence-corrected chi connectivity index (χ1v) is 6.75. The number of hydrogen-bond donors (Lipinski definition) is 1. The van der Waals surface area contributed by atoms with Gasteiger partial charge in [-0.3, -0.25) is 14.9 Å². The van der Waals surface area contributed by atoms with E-state index >= 15 is 0 Å². The van der Waals surface area contributed by atoms with Crippen LogP contribution in [0.3, 0.4) is 0 Å². The van der Waals surface area contributed by atoms with Crippen LogP contribution in [0.2, 0.25) is 0 Å². The molecular formula is C13H13N3O3S. The predicted molar refractivity (Wildman–Crippen MR) is 78.4 cm³/mol. The highest BCUT2D eigenvalue weighted by Gasteiger charge is 2.32. The molecule has 1 heterocycles. The van der Waals surface area contributed by atoms with Crippen molar-refractivity contribution in [3.8, 4) is 0 Å². The van der Waals surface area contributed by atoms with E-state index in [1.807, 2.05) is 0 Å². The molecule has 0 saturated carbocycles. The maximum Gasteiger partial charge on any atom is 0.274 e. The third kappa shape index (κ3) is 2.57. The molecule has 6 nitrogen and oxygen atoms in total. The van der Waals surface area contributed by atoms with E-state index in [9.17, 15) is 14.9 Å². The molecule has 2 N–H and O–H groups in total. The summed E-state index contributed by atoms with van der Waals surface area (Å²) in [6.07, 6.45) is 0. The summed E-state index contributed by atoms with van der Waals surface area (Å²) in [6.45, 7) is 3.11. The van der Waals surface area contributed by atoms with Gasteiger partial charge in [0.25, 0.3) is 5.69 Å². The van der Waals surface area contributed by atoms with Crippen LogP contribution in [-0.4, -0.2) is 15.9 Å². The first-order chi connectivity index (χ1) is 9.41. The zero-order chi connectivity index (χ0) is 14.9. The highest BCUT2D eigenvalue weighted by Crippen LogP contribution is 2.44. The van der Waals surface area contributed by atoms with E-state index in [2.05, 4.69) is 4.99 Å². The lowest BCUT2D eigenvalue weighted by molar-refractivity contribution is -0.385. The summed E-state index contributed by atoms with van der Waals surface area (Å²) >= 11 is 1.16. The molecule has 1 atom stereocenters. The van der Waals surface area contributed by atoms with E-state index in [4.69, 9.17) is 5.73 Å². The van der Waals surface area contributed by atoms with Crippen molar-refractivity contribution in [2.45, 2.75) is 19.1 Å². The van der Waals surface area contributed by atoms with Crippen molar-refractivity contribution < 1.29 is 9.72 Å². The number of thioether (sulfide) groups is 1. The Labute approximate surface area is 119 Å². The smallest absolute Gasteiger partial charge is 0.274 e. The number of nitro groups is 1. The Balaban J connectivity index is 2.60. The van der Waals surface area contributed by atoms with Gasteiger partial charge >= 0.3 is 0 Å². The molecule has 0 bridgehead atoms. The standard InChI is InChI=1S/C13H13N3O3S/c1-7-11(8(2)17)12(20-13(14)15-7)9-5-3-4-6-10(9)16(18)19/h3-6,12H,1-2H3,(H2,14,15). The van der Waals surface area contributed by atoms with Gasteiger partial charge in [0.15, 0.2) is 11.0 Å². The second kappa shape index (κ2) is 5.46. The van der Waals surface area contributed by atoms with Crippen molar-refractivity contribution >= 4 is 28.4 Å². The lowest BCUT2D eigenvalue weighted by Gasteiger charge is -2.23. The van der Waals surface area contributed by atoms with Crippen molar-refractivity contribution in [2.75, 3.05) is 0 Å². The normalized spacial score (nSPS) is 18.7. The van der Waals surface area contributed by atoms with E-state index in [1.165, 1.54) is 13.0 Å². The Morgan fingerprint density at radius 3 is 2.70 bits per heavy atom. The Morgan fingerprint density at radius 2 is 2.10 bits per heavy atom. The van der Waals surface area contributed by atoms with Crippen LogP contribution in [0.15, 0.2) is 40.5 Å². The quantitative estimate of drug-likeness (QED) is 0.681. The van der Waals surface area contributed by atoms with E-state index < -0.39 is 10.2 Å². The minimum atomic E-state index is -0.494. The number of rotatable bonds is 3. The van der Waals surface area contributed by atoms with Crippen molar-refractivity contribution in [1.82, 2.24) is 0 Å². The van der Waals surface area contributed by atoms with Crippen LogP contribution in [0.5, 0.6) is 0 Å². The topological polar surface area (TPSA) is 98.6 Å². The molecule has 0 aliphatic carbocycles. The van der Waals surface area contributed by atoms with Crippen molar-refractivity contribution in [2.24, 2.45) is 10.7 Å². The highest BCUT2D eigenvalue weighted by atomic mass is 32.2. The summed E-state index contributed by atoms with van der Waals surface area (Å²) in [7, 11) is 0. The number of Topliss-reactive ketones (excluding diaryl/α,β-unsaturated/α-hetero) is 1. The Kier molecular flexibility index (Phi) is 3.89. The average molecular weight is 291 g/mol. The molecule has 0 radical (unpaired) electrons. The van der Waals surface area contributed by atoms with Crippen LogP contribution in [0.1, 0.15) is 24.7 Å². The van der Waals surface area contributed by atoms with Gasteiger partial charge in [0.1, 0.15) is 0 Å². The fraction of sp³-hybridized carbons (Fsp3) is 0.231. The molecule has 1 aliphatic heterocycles. The summed E-state index contributed by atoms with van der Waals surface area (Å²) in [5.74, 6) is -0.158. The Bertz CT molecular complexity index is 652. The lowest BCUT2D eigenvalue weighted by Crippen LogP contribution is -2.20. The molecular weight excluding hydrogens is 278 g/mol. The summed E-state index contributed by atoms with van der Waals surface area (Å²) in [5.41, 5.74) is 7.15. The number of ketones is 1. The zero-order valence-corrected chi connectivity index (χ0v) is 11.8. The minimum Gasteiger partial charge on any atom is -0.378 e. The fourth-order valence-electron chi connectivity index (χ4n) is 2.16. The van der Waals surface area contributed by atoms with Crippen LogP contribution in [0, 0.1) is 10.1 Å². The molecule has 0 fully saturated rings. The monoisotopic (exact) mass is 291 g/mol. The first kappa shape index (κ1) is 14.3. The largest absolute Gasteiger partial charge is 0.378 e. The Hall–Kier alpha value is -2.15. The van der Waals surface area contributed by atoms with Gasteiger partial charge < -0.3 is 5.73 Å². The first-order valence-electron chi connectivity index (χ1n) is 5.87. The number of nitrogens with zero attached hydrogens (tertiary/aromatic N) is 2. The molecule has 1 aromatic rings. The Morgan fingerprint density at radius 1 is 1.45 bits per heavy atom. The number of carbonyl (C=O) groups excluding carboxylic acids is 1. The lowest BCUT2D eigenvalue weighted by atomic mass is 9.98. The number of benzene rings is 1. The molecule has 20 heavy (non-hydrogen) atoms. The number of allylic oxidation sites excluding steroid dienone is 1. The molecule has 1 aromatic carbocycles. The number of para-hydroxylation sites is 1. The number of hydrogen-bond acceptors (Lipinski definition) is 6.